The van der Waals surface area contributed by atoms with E-state index in [1.54, 1.807) is 6.08 Å². The molecule has 84 valence electrons. The monoisotopic (exact) mass is 236 g/mol. The molecule has 1 aliphatic rings. The summed E-state index contributed by atoms with van der Waals surface area (Å²) in [5.41, 5.74) is 0.807. The lowest BCUT2D eigenvalue weighted by Gasteiger charge is -2.19. The Kier molecular flexibility index (Phi) is 3.19. The lowest BCUT2D eigenvalue weighted by atomic mass is 10.2. The number of anilines is 1. The van der Waals surface area contributed by atoms with Gasteiger partial charge in [0.1, 0.15) is 5.82 Å². The van der Waals surface area contributed by atoms with Crippen molar-refractivity contribution in [3.05, 3.63) is 17.4 Å². The first-order valence-electron chi connectivity index (χ1n) is 5.18. The van der Waals surface area contributed by atoms with Gasteiger partial charge in [0, 0.05) is 13.1 Å². The average molecular weight is 237 g/mol. The molecule has 0 bridgehead atoms. The fourth-order valence-electron chi connectivity index (χ4n) is 1.89. The van der Waals surface area contributed by atoms with Crippen LogP contribution in [0.25, 0.3) is 6.08 Å². The van der Waals surface area contributed by atoms with E-state index in [4.69, 9.17) is 11.6 Å². The highest BCUT2D eigenvalue weighted by atomic mass is 35.5. The van der Waals surface area contributed by atoms with Gasteiger partial charge in [0.25, 0.3) is 0 Å². The Morgan fingerprint density at radius 3 is 2.56 bits per heavy atom. The van der Waals surface area contributed by atoms with E-state index in [2.05, 4.69) is 33.2 Å². The molecule has 1 aromatic rings. The van der Waals surface area contributed by atoms with Crippen molar-refractivity contribution in [3.8, 4) is 0 Å². The number of rotatable bonds is 3. The summed E-state index contributed by atoms with van der Waals surface area (Å²) in [4.78, 5) is 14.3. The largest absolute Gasteiger partial charge is 0.356 e. The number of aliphatic imine (C=N–C) groups is 1. The van der Waals surface area contributed by atoms with Crippen LogP contribution in [0, 0.1) is 0 Å². The molecule has 16 heavy (non-hydrogen) atoms. The van der Waals surface area contributed by atoms with E-state index < -0.39 is 0 Å². The minimum atomic E-state index is 0.204. The van der Waals surface area contributed by atoms with E-state index in [0.29, 0.717) is 5.82 Å². The Morgan fingerprint density at radius 1 is 1.31 bits per heavy atom. The molecule has 0 atom stereocenters. The number of hydrogen-bond acceptors (Lipinski definition) is 4. The molecule has 1 aromatic heterocycles. The van der Waals surface area contributed by atoms with Gasteiger partial charge < -0.3 is 4.90 Å². The van der Waals surface area contributed by atoms with Crippen molar-refractivity contribution < 1.29 is 0 Å². The van der Waals surface area contributed by atoms with E-state index >= 15 is 0 Å². The van der Waals surface area contributed by atoms with Crippen molar-refractivity contribution in [3.63, 3.8) is 0 Å². The second kappa shape index (κ2) is 4.61. The highest BCUT2D eigenvalue weighted by Gasteiger charge is 2.19. The minimum Gasteiger partial charge on any atom is -0.356 e. The summed E-state index contributed by atoms with van der Waals surface area (Å²) in [7, 11) is 0. The predicted molar refractivity (Wildman–Crippen MR) is 67.8 cm³/mol. The maximum Gasteiger partial charge on any atom is 0.226 e. The third kappa shape index (κ3) is 1.93. The Morgan fingerprint density at radius 2 is 2.00 bits per heavy atom. The number of aromatic nitrogens is 2. The van der Waals surface area contributed by atoms with E-state index in [0.717, 1.165) is 24.5 Å². The molecule has 1 aliphatic heterocycles. The van der Waals surface area contributed by atoms with Crippen LogP contribution in [0.2, 0.25) is 5.28 Å². The Hall–Kier alpha value is -1.42. The van der Waals surface area contributed by atoms with Crippen molar-refractivity contribution in [1.29, 1.82) is 0 Å². The number of nitrogens with zero attached hydrogens (tertiary/aromatic N) is 4. The molecule has 0 unspecified atom stereocenters. The molecular weight excluding hydrogens is 224 g/mol. The summed E-state index contributed by atoms with van der Waals surface area (Å²) < 4.78 is 0. The van der Waals surface area contributed by atoms with Gasteiger partial charge in [0.15, 0.2) is 5.82 Å². The number of hydrogen-bond donors (Lipinski definition) is 0. The summed E-state index contributed by atoms with van der Waals surface area (Å²) in [5, 5.41) is 0.204. The fourth-order valence-corrected chi connectivity index (χ4v) is 2.05. The molecule has 0 N–H and O–H groups in total. The second-order valence-corrected chi connectivity index (χ2v) is 3.95. The SMILES string of the molecule is C=Cc1c(N=C)nc(Cl)nc1N1CCCC1. The smallest absolute Gasteiger partial charge is 0.226 e. The van der Waals surface area contributed by atoms with E-state index in [-0.39, 0.29) is 5.28 Å². The van der Waals surface area contributed by atoms with Crippen molar-refractivity contribution in [1.82, 2.24) is 9.97 Å². The lowest BCUT2D eigenvalue weighted by Crippen LogP contribution is -2.20. The van der Waals surface area contributed by atoms with E-state index in [1.807, 2.05) is 0 Å². The van der Waals surface area contributed by atoms with E-state index in [9.17, 15) is 0 Å². The molecule has 0 radical (unpaired) electrons. The molecule has 0 aromatic carbocycles. The zero-order chi connectivity index (χ0) is 11.5. The highest BCUT2D eigenvalue weighted by molar-refractivity contribution is 6.28. The molecule has 2 heterocycles. The van der Waals surface area contributed by atoms with Gasteiger partial charge >= 0.3 is 0 Å². The molecule has 5 heteroatoms. The van der Waals surface area contributed by atoms with Crippen LogP contribution in [0.4, 0.5) is 11.6 Å². The summed E-state index contributed by atoms with van der Waals surface area (Å²) in [6.07, 6.45) is 4.05. The van der Waals surface area contributed by atoms with Gasteiger partial charge in [-0.05, 0) is 31.2 Å². The van der Waals surface area contributed by atoms with Gasteiger partial charge in [0.2, 0.25) is 5.28 Å². The highest BCUT2D eigenvalue weighted by Crippen LogP contribution is 2.30. The third-order valence-electron chi connectivity index (χ3n) is 2.64. The Balaban J connectivity index is 2.52. The molecule has 0 amide bonds. The van der Waals surface area contributed by atoms with Gasteiger partial charge in [-0.15, -0.1) is 0 Å². The Labute approximate surface area is 99.7 Å². The lowest BCUT2D eigenvalue weighted by molar-refractivity contribution is 0.924. The summed E-state index contributed by atoms with van der Waals surface area (Å²) in [6.45, 7) is 9.23. The molecular formula is C11H13ClN4. The summed E-state index contributed by atoms with van der Waals surface area (Å²) in [5.74, 6) is 1.31. The van der Waals surface area contributed by atoms with Crippen molar-refractivity contribution in [2.24, 2.45) is 4.99 Å². The van der Waals surface area contributed by atoms with Crippen molar-refractivity contribution >= 4 is 36.0 Å². The molecule has 0 spiro atoms. The number of halogens is 1. The van der Waals surface area contributed by atoms with Crippen LogP contribution >= 0.6 is 11.6 Å². The van der Waals surface area contributed by atoms with Crippen LogP contribution in [0.5, 0.6) is 0 Å². The molecule has 2 rings (SSSR count). The zero-order valence-corrected chi connectivity index (χ0v) is 9.74. The van der Waals surface area contributed by atoms with Crippen LogP contribution in [0.15, 0.2) is 11.6 Å². The zero-order valence-electron chi connectivity index (χ0n) is 8.99. The van der Waals surface area contributed by atoms with Gasteiger partial charge in [-0.1, -0.05) is 12.7 Å². The first-order valence-corrected chi connectivity index (χ1v) is 5.55. The van der Waals surface area contributed by atoms with Crippen LogP contribution in [0.1, 0.15) is 18.4 Å². The third-order valence-corrected chi connectivity index (χ3v) is 2.81. The van der Waals surface area contributed by atoms with Crippen molar-refractivity contribution in [2.45, 2.75) is 12.8 Å². The predicted octanol–water partition coefficient (Wildman–Crippen LogP) is 2.71. The van der Waals surface area contributed by atoms with Crippen LogP contribution in [-0.2, 0) is 0 Å². The minimum absolute atomic E-state index is 0.204. The fraction of sp³-hybridized carbons (Fsp3) is 0.364. The molecule has 0 aliphatic carbocycles. The maximum atomic E-state index is 5.87. The molecule has 1 fully saturated rings. The normalized spacial score (nSPS) is 15.2. The van der Waals surface area contributed by atoms with E-state index in [1.165, 1.54) is 12.8 Å². The first-order chi connectivity index (χ1) is 7.76. The molecule has 4 nitrogen and oxygen atoms in total. The molecule has 0 saturated carbocycles. The van der Waals surface area contributed by atoms with Gasteiger partial charge in [-0.25, -0.2) is 4.99 Å². The topological polar surface area (TPSA) is 41.4 Å². The van der Waals surface area contributed by atoms with Crippen molar-refractivity contribution in [2.75, 3.05) is 18.0 Å². The first kappa shape index (κ1) is 11.1. The van der Waals surface area contributed by atoms with Crippen LogP contribution < -0.4 is 4.90 Å². The summed E-state index contributed by atoms with van der Waals surface area (Å²) in [6, 6.07) is 0. The second-order valence-electron chi connectivity index (χ2n) is 3.61. The van der Waals surface area contributed by atoms with Crippen LogP contribution in [0.3, 0.4) is 0 Å². The quantitative estimate of drug-likeness (QED) is 0.599. The Bertz CT molecular complexity index is 424. The summed E-state index contributed by atoms with van der Waals surface area (Å²) >= 11 is 5.87. The van der Waals surface area contributed by atoms with Gasteiger partial charge in [-0.2, -0.15) is 9.97 Å². The van der Waals surface area contributed by atoms with Gasteiger partial charge in [-0.3, -0.25) is 0 Å². The average Bonchev–Trinajstić information content (AvgIpc) is 2.81. The maximum absolute atomic E-state index is 5.87. The molecule has 1 saturated heterocycles. The van der Waals surface area contributed by atoms with Crippen LogP contribution in [-0.4, -0.2) is 29.8 Å². The standard InChI is InChI=1S/C11H13ClN4/c1-3-8-9(13-2)14-11(12)15-10(8)16-6-4-5-7-16/h3H,1-2,4-7H2. The van der Waals surface area contributed by atoms with Gasteiger partial charge in [0.05, 0.1) is 5.56 Å².